The quantitative estimate of drug-likeness (QED) is 0.117. The van der Waals surface area contributed by atoms with Gasteiger partial charge in [0.2, 0.25) is 0 Å². The zero-order valence-corrected chi connectivity index (χ0v) is 21.1. The molecular weight excluding hydrogens is 413 g/mol. The maximum atomic E-state index is 8.87. The van der Waals surface area contributed by atoms with Gasteiger partial charge in [-0.3, -0.25) is 4.98 Å². The Kier molecular flexibility index (Phi) is 34.8. The molecule has 1 aromatic rings. The Labute approximate surface area is 191 Å². The van der Waals surface area contributed by atoms with Gasteiger partial charge in [-0.15, -0.1) is 0 Å². The van der Waals surface area contributed by atoms with Gasteiger partial charge >= 0.3 is 123 Å². The topological polar surface area (TPSA) is 85.3 Å². The summed E-state index contributed by atoms with van der Waals surface area (Å²) in [6.45, 7) is 0. The summed E-state index contributed by atoms with van der Waals surface area (Å²) in [4.78, 5) is 12.8. The van der Waals surface area contributed by atoms with E-state index in [-0.39, 0.29) is 51.4 Å². The van der Waals surface area contributed by atoms with Gasteiger partial charge in [-0.2, -0.15) is 0 Å². The second-order valence-corrected chi connectivity index (χ2v) is 3.15. The molecular formula is C5H4IK3NO4P. The van der Waals surface area contributed by atoms with Crippen LogP contribution in [0.3, 0.4) is 0 Å². The van der Waals surface area contributed by atoms with E-state index in [9.17, 15) is 0 Å². The second-order valence-electron chi connectivity index (χ2n) is 1.45. The summed E-state index contributed by atoms with van der Waals surface area (Å²) < 4.78 is 12.4. The number of hydrogen-bond donors (Lipinski definition) is 0. The summed E-state index contributed by atoms with van der Waals surface area (Å²) in [6.07, 6.45) is 1.78. The molecule has 0 fully saturated rings. The monoisotopic (exact) mass is 417 g/mol. The van der Waals surface area contributed by atoms with E-state index in [1.807, 2.05) is 18.2 Å². The van der Waals surface area contributed by atoms with Crippen LogP contribution in [0.4, 0.5) is 0 Å². The van der Waals surface area contributed by atoms with Crippen LogP contribution in [0.15, 0.2) is 24.4 Å². The summed E-state index contributed by atoms with van der Waals surface area (Å²) in [7, 11) is -3.15. The molecule has 0 saturated carbocycles. The van der Waals surface area contributed by atoms with Gasteiger partial charge in [-0.25, -0.2) is 4.67 Å². The predicted octanol–water partition coefficient (Wildman–Crippen LogP) is -3.78. The van der Waals surface area contributed by atoms with Crippen molar-refractivity contribution < 1.29 is 70.8 Å². The molecule has 1 atom stereocenters. The zero-order valence-electron chi connectivity index (χ0n) is 8.71. The van der Waals surface area contributed by atoms with E-state index in [1.165, 1.54) is 63.2 Å². The first-order chi connectivity index (χ1) is 6.66. The molecule has 1 heterocycles. The van der Waals surface area contributed by atoms with Gasteiger partial charge in [0, 0.05) is 6.20 Å². The minimum atomic E-state index is -3.15. The molecule has 1 aromatic heterocycles. The summed E-state index contributed by atoms with van der Waals surface area (Å²) in [5, 5.41) is 8.53. The van der Waals surface area contributed by atoms with Crippen LogP contribution < -0.4 is 61.5 Å². The van der Waals surface area contributed by atoms with Crippen molar-refractivity contribution in [1.82, 2.24) is 4.98 Å². The Bertz CT molecular complexity index is 243. The summed E-state index contributed by atoms with van der Waals surface area (Å²) in [6, 6.07) is 5.83. The van der Waals surface area contributed by atoms with Gasteiger partial charge in [-0.05, 0) is 39.3 Å². The van der Waals surface area contributed by atoms with Crippen molar-refractivity contribution in [2.24, 2.45) is 0 Å². The fraction of sp³-hybridized carbons (Fsp3) is 0. The first-order valence-corrected chi connectivity index (χ1v) is 21.8. The molecule has 0 aliphatic rings. The first-order valence-electron chi connectivity index (χ1n) is 3.67. The molecule has 0 spiro atoms. The fourth-order valence-corrected chi connectivity index (χ4v) is 0.710. The molecule has 0 N–H and O–H groups in total. The molecule has 0 aromatic carbocycles. The molecule has 0 bridgehead atoms. The Hall–Kier alpha value is 4.77. The molecule has 0 amide bonds. The molecule has 1 rings (SSSR count). The first kappa shape index (κ1) is 24.8. The summed E-state index contributed by atoms with van der Waals surface area (Å²) in [5.41, 5.74) is 0. The molecule has 0 saturated heterocycles. The van der Waals surface area contributed by atoms with Gasteiger partial charge in [0.15, 0.2) is 0 Å². The Morgan fingerprint density at radius 2 is 1.93 bits per heavy atom. The second kappa shape index (κ2) is 21.1. The van der Waals surface area contributed by atoms with Crippen LogP contribution in [-0.2, 0) is 9.24 Å². The van der Waals surface area contributed by atoms with E-state index in [2.05, 4.69) is 32.2 Å². The van der Waals surface area contributed by atoms with Crippen LogP contribution in [0.25, 0.3) is 0 Å². The van der Waals surface area contributed by atoms with Crippen molar-refractivity contribution in [1.29, 1.82) is 0 Å². The number of hydrogen-bond acceptors (Lipinski definition) is 5. The van der Waals surface area contributed by atoms with E-state index < -0.39 is 8.25 Å². The van der Waals surface area contributed by atoms with E-state index >= 15 is 0 Å². The number of pyridine rings is 1. The van der Waals surface area contributed by atoms with Gasteiger partial charge in [0.25, 0.3) is 0 Å². The van der Waals surface area contributed by atoms with Gasteiger partial charge in [0.1, 0.15) is 3.70 Å². The Morgan fingerprint density at radius 3 is 2.07 bits per heavy atom. The number of rotatable bonds is 1. The average Bonchev–Trinajstić information content (AvgIpc) is 2.23. The van der Waals surface area contributed by atoms with Crippen LogP contribution in [0.1, 0.15) is 0 Å². The average molecular weight is 417 g/mol. The van der Waals surface area contributed by atoms with Gasteiger partial charge in [-0.1, -0.05) is 6.07 Å². The SMILES string of the molecule is Ic1ccccn1.O=[P+]([O-])O[O-].[K+].[K][K]. The maximum absolute atomic E-state index is 8.87. The van der Waals surface area contributed by atoms with Crippen molar-refractivity contribution in [3.8, 4) is 0 Å². The molecule has 5 nitrogen and oxygen atoms in total. The molecule has 0 radical (unpaired) electrons. The van der Waals surface area contributed by atoms with Crippen LogP contribution in [0.5, 0.6) is 0 Å². The molecule has 68 valence electrons. The Balaban J connectivity index is -0.000000162. The summed E-state index contributed by atoms with van der Waals surface area (Å²) >= 11 is 4.67. The molecule has 15 heavy (non-hydrogen) atoms. The van der Waals surface area contributed by atoms with Gasteiger partial charge in [0.05, 0.1) is 0 Å². The zero-order chi connectivity index (χ0) is 11.4. The predicted molar refractivity (Wildman–Crippen MR) is 57.2 cm³/mol. The third-order valence-electron chi connectivity index (χ3n) is 0.690. The minimum absolute atomic E-state index is 0. The van der Waals surface area contributed by atoms with Crippen molar-refractivity contribution >= 4 is 94.0 Å². The standard InChI is InChI=1S/C5H4IN.3K.HO4P/c6-5-3-1-2-4-7-5;;;;1-4-5(2)3/h1-4H;;;;1H/q;;;+1;/p-1. The molecule has 0 aliphatic heterocycles. The number of halogens is 1. The molecule has 10 heteroatoms. The van der Waals surface area contributed by atoms with Crippen LogP contribution in [0.2, 0.25) is 0 Å². The normalized spacial score (nSPS) is 8.33. The van der Waals surface area contributed by atoms with Gasteiger partial charge < -0.3 is 10.2 Å². The van der Waals surface area contributed by atoms with Crippen LogP contribution in [-0.4, -0.2) is 68.1 Å². The van der Waals surface area contributed by atoms with Crippen molar-refractivity contribution in [3.05, 3.63) is 28.1 Å². The number of aromatic nitrogens is 1. The summed E-state index contributed by atoms with van der Waals surface area (Å²) in [5.74, 6) is 0. The van der Waals surface area contributed by atoms with Crippen molar-refractivity contribution in [2.75, 3.05) is 0 Å². The molecule has 1 unspecified atom stereocenters. The van der Waals surface area contributed by atoms with Crippen molar-refractivity contribution in [2.45, 2.75) is 0 Å². The third kappa shape index (κ3) is 24.2. The Morgan fingerprint density at radius 1 is 1.47 bits per heavy atom. The van der Waals surface area contributed by atoms with E-state index in [4.69, 9.17) is 14.7 Å². The van der Waals surface area contributed by atoms with E-state index in [0.717, 1.165) is 3.70 Å². The van der Waals surface area contributed by atoms with E-state index in [1.54, 1.807) is 6.20 Å². The third-order valence-corrected chi connectivity index (χ3v) is 1.45. The fourth-order valence-electron chi connectivity index (χ4n) is 0.342. The van der Waals surface area contributed by atoms with Crippen molar-refractivity contribution in [3.63, 3.8) is 0 Å². The van der Waals surface area contributed by atoms with Crippen LogP contribution >= 0.6 is 30.8 Å². The van der Waals surface area contributed by atoms with E-state index in [0.29, 0.717) is 0 Å². The molecule has 0 aliphatic carbocycles. The number of nitrogens with zero attached hydrogens (tertiary/aromatic N) is 1. The van der Waals surface area contributed by atoms with Crippen LogP contribution in [0, 0.1) is 3.70 Å².